The van der Waals surface area contributed by atoms with Crippen LogP contribution in [-0.4, -0.2) is 59.1 Å². The van der Waals surface area contributed by atoms with Crippen molar-refractivity contribution in [1.29, 1.82) is 0 Å². The van der Waals surface area contributed by atoms with Crippen molar-refractivity contribution < 1.29 is 17.7 Å². The topological polar surface area (TPSA) is 85.4 Å². The molecule has 10 heteroatoms. The summed E-state index contributed by atoms with van der Waals surface area (Å²) in [6.45, 7) is 5.73. The van der Waals surface area contributed by atoms with Crippen molar-refractivity contribution in [2.24, 2.45) is 0 Å². The number of nitrogens with zero attached hydrogens (tertiary/aromatic N) is 5. The van der Waals surface area contributed by atoms with Gasteiger partial charge >= 0.3 is 0 Å². The van der Waals surface area contributed by atoms with Crippen molar-refractivity contribution in [3.63, 3.8) is 0 Å². The number of sulfonamides is 1. The fraction of sp³-hybridized carbons (Fsp3) is 0.533. The Balaban J connectivity index is 1.61. The molecule has 0 aliphatic carbocycles. The lowest BCUT2D eigenvalue weighted by Gasteiger charge is -2.31. The number of hydrogen-bond donors (Lipinski definition) is 1. The van der Waals surface area contributed by atoms with Crippen LogP contribution in [-0.2, 0) is 23.1 Å². The summed E-state index contributed by atoms with van der Waals surface area (Å²) in [7, 11) is -3.57. The number of benzene rings is 1. The van der Waals surface area contributed by atoms with Crippen LogP contribution in [0.5, 0.6) is 0 Å². The van der Waals surface area contributed by atoms with Gasteiger partial charge in [0.15, 0.2) is 0 Å². The highest BCUT2D eigenvalue weighted by Gasteiger charge is 2.31. The largest absolute Gasteiger partial charge is 0.326 e. The lowest BCUT2D eigenvalue weighted by Crippen LogP contribution is -3.13. The van der Waals surface area contributed by atoms with Crippen molar-refractivity contribution >= 4 is 10.0 Å². The molecule has 1 saturated heterocycles. The summed E-state index contributed by atoms with van der Waals surface area (Å²) < 4.78 is 41.5. The first kappa shape index (κ1) is 17.9. The van der Waals surface area contributed by atoms with E-state index >= 15 is 0 Å². The summed E-state index contributed by atoms with van der Waals surface area (Å²) in [4.78, 5) is 1.38. The quantitative estimate of drug-likeness (QED) is 0.729. The minimum Gasteiger partial charge on any atom is -0.326 e. The van der Waals surface area contributed by atoms with Crippen LogP contribution >= 0.6 is 0 Å². The number of aryl methyl sites for hydroxylation is 1. The highest BCUT2D eigenvalue weighted by atomic mass is 32.2. The van der Waals surface area contributed by atoms with Gasteiger partial charge in [0.05, 0.1) is 31.1 Å². The minimum absolute atomic E-state index is 0.129. The minimum atomic E-state index is -3.57. The van der Waals surface area contributed by atoms with E-state index in [4.69, 9.17) is 0 Å². The Hall–Kier alpha value is -1.91. The van der Waals surface area contributed by atoms with E-state index < -0.39 is 15.8 Å². The number of hydrogen-bond acceptors (Lipinski definition) is 5. The number of aromatic nitrogens is 4. The number of quaternary nitrogens is 1. The van der Waals surface area contributed by atoms with Gasteiger partial charge in [-0.05, 0) is 41.1 Å². The first-order chi connectivity index (χ1) is 12.0. The van der Waals surface area contributed by atoms with Crippen molar-refractivity contribution in [3.05, 3.63) is 35.9 Å². The Morgan fingerprint density at radius 1 is 1.20 bits per heavy atom. The molecule has 2 heterocycles. The second kappa shape index (κ2) is 7.54. The molecule has 0 radical (unpaired) electrons. The van der Waals surface area contributed by atoms with E-state index in [2.05, 4.69) is 22.4 Å². The Kier molecular flexibility index (Phi) is 5.40. The van der Waals surface area contributed by atoms with Crippen molar-refractivity contribution in [3.8, 4) is 0 Å². The van der Waals surface area contributed by atoms with Crippen LogP contribution in [0.2, 0.25) is 0 Å². The number of rotatable bonds is 6. The van der Waals surface area contributed by atoms with Gasteiger partial charge in [-0.3, -0.25) is 0 Å². The van der Waals surface area contributed by atoms with Crippen molar-refractivity contribution in [1.82, 2.24) is 24.5 Å². The summed E-state index contributed by atoms with van der Waals surface area (Å²) in [5.74, 6) is 0.379. The molecule has 0 spiro atoms. The van der Waals surface area contributed by atoms with Crippen LogP contribution < -0.4 is 4.90 Å². The molecule has 1 N–H and O–H groups in total. The maximum atomic E-state index is 13.0. The second-order valence-electron chi connectivity index (χ2n) is 6.10. The van der Waals surface area contributed by atoms with Gasteiger partial charge in [-0.1, -0.05) is 6.92 Å². The maximum Gasteiger partial charge on any atom is 0.243 e. The van der Waals surface area contributed by atoms with E-state index in [0.29, 0.717) is 32.7 Å². The number of tetrazole rings is 1. The van der Waals surface area contributed by atoms with E-state index in [0.717, 1.165) is 18.8 Å². The number of piperazine rings is 1. The normalized spacial score (nSPS) is 17.0. The van der Waals surface area contributed by atoms with E-state index in [9.17, 15) is 12.8 Å². The zero-order chi connectivity index (χ0) is 17.9. The third kappa shape index (κ3) is 4.02. The first-order valence-corrected chi connectivity index (χ1v) is 9.79. The molecule has 3 rings (SSSR count). The van der Waals surface area contributed by atoms with Gasteiger partial charge in [-0.15, -0.1) is 5.10 Å². The number of halogens is 1. The average molecular weight is 369 g/mol. The van der Waals surface area contributed by atoms with Crippen LogP contribution in [0.3, 0.4) is 0 Å². The van der Waals surface area contributed by atoms with Gasteiger partial charge in [0.1, 0.15) is 12.4 Å². The highest BCUT2D eigenvalue weighted by molar-refractivity contribution is 7.89. The molecule has 0 bridgehead atoms. The van der Waals surface area contributed by atoms with Crippen LogP contribution in [0.25, 0.3) is 0 Å². The summed E-state index contributed by atoms with van der Waals surface area (Å²) in [6, 6.07) is 4.95. The standard InChI is InChI=1S/C15H21FN6O2S/c1-2-7-22-15(17-18-19-22)12-20-8-10-21(11-9-20)25(23,24)14-5-3-13(16)4-6-14/h3-6H,2,7-12H2,1H3/p+1. The molecule has 1 fully saturated rings. The van der Waals surface area contributed by atoms with Crippen LogP contribution in [0.1, 0.15) is 19.2 Å². The van der Waals surface area contributed by atoms with Crippen LogP contribution in [0.15, 0.2) is 29.2 Å². The third-order valence-electron chi connectivity index (χ3n) is 4.33. The zero-order valence-electron chi connectivity index (χ0n) is 14.1. The first-order valence-electron chi connectivity index (χ1n) is 8.35. The van der Waals surface area contributed by atoms with Crippen LogP contribution in [0, 0.1) is 5.82 Å². The smallest absolute Gasteiger partial charge is 0.243 e. The van der Waals surface area contributed by atoms with Crippen LogP contribution in [0.4, 0.5) is 4.39 Å². The van der Waals surface area contributed by atoms with Gasteiger partial charge in [-0.2, -0.15) is 4.31 Å². The molecule has 0 saturated carbocycles. The van der Waals surface area contributed by atoms with Gasteiger partial charge < -0.3 is 4.90 Å². The SMILES string of the molecule is CCCn1nnnc1C[NH+]1CCN(S(=O)(=O)c2ccc(F)cc2)CC1. The maximum absolute atomic E-state index is 13.0. The fourth-order valence-electron chi connectivity index (χ4n) is 2.93. The Bertz CT molecular complexity index is 800. The summed E-state index contributed by atoms with van der Waals surface area (Å²) in [5, 5.41) is 11.8. The molecule has 0 atom stereocenters. The molecule has 8 nitrogen and oxygen atoms in total. The van der Waals surface area contributed by atoms with E-state index in [-0.39, 0.29) is 4.90 Å². The molecule has 0 unspecified atom stereocenters. The molecule has 1 aliphatic heterocycles. The third-order valence-corrected chi connectivity index (χ3v) is 6.24. The van der Waals surface area contributed by atoms with Gasteiger partial charge in [0, 0.05) is 6.54 Å². The van der Waals surface area contributed by atoms with Gasteiger partial charge in [0.2, 0.25) is 15.8 Å². The van der Waals surface area contributed by atoms with E-state index in [1.54, 1.807) is 4.68 Å². The van der Waals surface area contributed by atoms with E-state index in [1.807, 2.05) is 0 Å². The monoisotopic (exact) mass is 369 g/mol. The molecular formula is C15H22FN6O2S+. The zero-order valence-corrected chi connectivity index (χ0v) is 14.9. The predicted molar refractivity (Wildman–Crippen MR) is 87.7 cm³/mol. The second-order valence-corrected chi connectivity index (χ2v) is 8.04. The molecule has 136 valence electrons. The summed E-state index contributed by atoms with van der Waals surface area (Å²) in [5.41, 5.74) is 0. The Morgan fingerprint density at radius 2 is 1.88 bits per heavy atom. The average Bonchev–Trinajstić information content (AvgIpc) is 3.03. The Morgan fingerprint density at radius 3 is 2.52 bits per heavy atom. The predicted octanol–water partition coefficient (Wildman–Crippen LogP) is -0.688. The lowest BCUT2D eigenvalue weighted by atomic mass is 10.3. The molecule has 1 aromatic heterocycles. The van der Waals surface area contributed by atoms with E-state index in [1.165, 1.54) is 33.5 Å². The van der Waals surface area contributed by atoms with Crippen molar-refractivity contribution in [2.75, 3.05) is 26.2 Å². The summed E-state index contributed by atoms with van der Waals surface area (Å²) >= 11 is 0. The van der Waals surface area contributed by atoms with Gasteiger partial charge in [0.25, 0.3) is 0 Å². The fourth-order valence-corrected chi connectivity index (χ4v) is 4.38. The highest BCUT2D eigenvalue weighted by Crippen LogP contribution is 2.16. The molecule has 1 aromatic carbocycles. The molecular weight excluding hydrogens is 347 g/mol. The Labute approximate surface area is 146 Å². The molecule has 25 heavy (non-hydrogen) atoms. The molecule has 0 amide bonds. The molecule has 1 aliphatic rings. The lowest BCUT2D eigenvalue weighted by molar-refractivity contribution is -0.918. The number of nitrogens with one attached hydrogen (secondary N) is 1. The van der Waals surface area contributed by atoms with Gasteiger partial charge in [-0.25, -0.2) is 17.5 Å². The molecule has 2 aromatic rings. The summed E-state index contributed by atoms with van der Waals surface area (Å²) in [6.07, 6.45) is 0.955. The van der Waals surface area contributed by atoms with Crippen molar-refractivity contribution in [2.45, 2.75) is 31.3 Å².